The van der Waals surface area contributed by atoms with E-state index in [2.05, 4.69) is 91.6 Å². The quantitative estimate of drug-likeness (QED) is 0.144. The molecule has 0 spiro atoms. The average Bonchev–Trinajstić information content (AvgIpc) is 3.06. The van der Waals surface area contributed by atoms with E-state index in [1.165, 1.54) is 21.9 Å². The second kappa shape index (κ2) is 18.2. The van der Waals surface area contributed by atoms with Gasteiger partial charge >= 0.3 is 0 Å². The predicted molar refractivity (Wildman–Crippen MR) is 191 cm³/mol. The van der Waals surface area contributed by atoms with Gasteiger partial charge in [-0.1, -0.05) is 165 Å². The first-order valence-corrected chi connectivity index (χ1v) is 14.3. The van der Waals surface area contributed by atoms with Crippen LogP contribution >= 0.6 is 0 Å². The number of hydrogen-bond acceptors (Lipinski definition) is 2. The third kappa shape index (κ3) is 10.2. The second-order valence-electron chi connectivity index (χ2n) is 9.52. The molecular weight excluding hydrogens is 520 g/mol. The summed E-state index contributed by atoms with van der Waals surface area (Å²) in [4.78, 5) is 4.31. The summed E-state index contributed by atoms with van der Waals surface area (Å²) in [5.41, 5.74) is 12.5. The number of benzene rings is 4. The standard InChI is InChI=1S/C34H31N.C7H9N/c1-5-7-9-10-12-19-29(18-11-8-6-2)34(35-4)25-27(3)30-21-15-22-31(26-30)33-24-16-20-28-17-13-14-23-32(28)33;8-6-7-4-2-1-3-5-7/h5-26H,1,3-4H2,2H3;1-5H,6,8H2/b8-6+,9-7-,12-10-,18-11+,29-19+,34-25-;. The van der Waals surface area contributed by atoms with Gasteiger partial charge in [-0.05, 0) is 64.4 Å². The van der Waals surface area contributed by atoms with E-state index in [9.17, 15) is 0 Å². The molecule has 2 nitrogen and oxygen atoms in total. The van der Waals surface area contributed by atoms with Gasteiger partial charge in [0, 0.05) is 12.1 Å². The topological polar surface area (TPSA) is 38.4 Å². The van der Waals surface area contributed by atoms with Gasteiger partial charge in [-0.25, -0.2) is 0 Å². The van der Waals surface area contributed by atoms with Crippen molar-refractivity contribution in [3.63, 3.8) is 0 Å². The van der Waals surface area contributed by atoms with E-state index in [-0.39, 0.29) is 0 Å². The molecule has 2 heteroatoms. The summed E-state index contributed by atoms with van der Waals surface area (Å²) >= 11 is 0. The Morgan fingerprint density at radius 1 is 0.791 bits per heavy atom. The van der Waals surface area contributed by atoms with Crippen LogP contribution in [0.15, 0.2) is 193 Å². The third-order valence-corrected chi connectivity index (χ3v) is 6.51. The molecule has 0 bridgehead atoms. The van der Waals surface area contributed by atoms with Gasteiger partial charge in [0.2, 0.25) is 0 Å². The van der Waals surface area contributed by atoms with Crippen molar-refractivity contribution in [1.82, 2.24) is 0 Å². The van der Waals surface area contributed by atoms with Crippen molar-refractivity contribution < 1.29 is 0 Å². The Labute approximate surface area is 257 Å². The number of nitrogens with zero attached hydrogens (tertiary/aromatic N) is 1. The van der Waals surface area contributed by atoms with Crippen LogP contribution in [0.3, 0.4) is 0 Å². The Balaban J connectivity index is 0.000000546. The lowest BCUT2D eigenvalue weighted by atomic mass is 9.95. The van der Waals surface area contributed by atoms with Crippen LogP contribution in [0, 0.1) is 0 Å². The van der Waals surface area contributed by atoms with Gasteiger partial charge in [-0.15, -0.1) is 0 Å². The van der Waals surface area contributed by atoms with Crippen LogP contribution in [0.2, 0.25) is 0 Å². The SMILES string of the molecule is C=C/C=C\C=C/C=C(\C=C\C=C\C)C(=C/C(=C)c1cccc(-c2cccc3ccccc23)c1)/N=C.NCc1ccccc1. The normalized spacial score (nSPS) is 12.2. The largest absolute Gasteiger partial charge is 0.326 e. The van der Waals surface area contributed by atoms with Gasteiger partial charge in [0.15, 0.2) is 0 Å². The number of aliphatic imine (C=N–C) groups is 1. The molecule has 43 heavy (non-hydrogen) atoms. The van der Waals surface area contributed by atoms with Crippen molar-refractivity contribution in [2.45, 2.75) is 13.5 Å². The average molecular weight is 561 g/mol. The van der Waals surface area contributed by atoms with Crippen LogP contribution in [0.1, 0.15) is 18.1 Å². The van der Waals surface area contributed by atoms with Gasteiger partial charge in [-0.2, -0.15) is 0 Å². The maximum absolute atomic E-state index is 5.35. The van der Waals surface area contributed by atoms with Crippen molar-refractivity contribution in [2.24, 2.45) is 10.7 Å². The molecule has 0 heterocycles. The van der Waals surface area contributed by atoms with E-state index in [1.807, 2.05) is 98.0 Å². The lowest BCUT2D eigenvalue weighted by Gasteiger charge is -2.10. The molecule has 214 valence electrons. The fourth-order valence-corrected chi connectivity index (χ4v) is 4.31. The molecule has 0 radical (unpaired) electrons. The zero-order valence-corrected chi connectivity index (χ0v) is 24.9. The summed E-state index contributed by atoms with van der Waals surface area (Å²) in [7, 11) is 0. The Kier molecular flexibility index (Phi) is 13.6. The van der Waals surface area contributed by atoms with Gasteiger partial charge in [0.25, 0.3) is 0 Å². The van der Waals surface area contributed by atoms with Gasteiger partial charge < -0.3 is 5.73 Å². The molecule has 0 aliphatic heterocycles. The smallest absolute Gasteiger partial charge is 0.0700 e. The van der Waals surface area contributed by atoms with Gasteiger partial charge in [-0.3, -0.25) is 4.99 Å². The Bertz CT molecular complexity index is 1690. The second-order valence-corrected chi connectivity index (χ2v) is 9.52. The van der Waals surface area contributed by atoms with Crippen LogP contribution in [0.4, 0.5) is 0 Å². The van der Waals surface area contributed by atoms with Crippen molar-refractivity contribution >= 4 is 23.1 Å². The maximum Gasteiger partial charge on any atom is 0.0700 e. The first-order valence-electron chi connectivity index (χ1n) is 14.3. The fraction of sp³-hybridized carbons (Fsp3) is 0.0488. The minimum absolute atomic E-state index is 0.640. The first-order chi connectivity index (χ1) is 21.1. The van der Waals surface area contributed by atoms with Crippen molar-refractivity contribution in [3.8, 4) is 11.1 Å². The highest BCUT2D eigenvalue weighted by Gasteiger charge is 2.07. The molecule has 0 aliphatic rings. The molecule has 4 aromatic carbocycles. The highest BCUT2D eigenvalue weighted by molar-refractivity contribution is 5.97. The summed E-state index contributed by atoms with van der Waals surface area (Å²) in [5.74, 6) is 0. The molecule has 0 unspecified atom stereocenters. The van der Waals surface area contributed by atoms with Crippen LogP contribution < -0.4 is 5.73 Å². The number of hydrogen-bond donors (Lipinski definition) is 1. The lowest BCUT2D eigenvalue weighted by Crippen LogP contribution is -1.94. The minimum Gasteiger partial charge on any atom is -0.326 e. The van der Waals surface area contributed by atoms with E-state index < -0.39 is 0 Å². The van der Waals surface area contributed by atoms with Gasteiger partial charge in [0.05, 0.1) is 5.70 Å². The van der Waals surface area contributed by atoms with E-state index in [0.717, 1.165) is 28.0 Å². The highest BCUT2D eigenvalue weighted by Crippen LogP contribution is 2.31. The van der Waals surface area contributed by atoms with E-state index in [4.69, 9.17) is 5.73 Å². The summed E-state index contributed by atoms with van der Waals surface area (Å²) < 4.78 is 0. The molecule has 0 aromatic heterocycles. The van der Waals surface area contributed by atoms with E-state index >= 15 is 0 Å². The van der Waals surface area contributed by atoms with Crippen LogP contribution in [0.25, 0.3) is 27.5 Å². The number of nitrogens with two attached hydrogens (primary N) is 1. The molecule has 0 fully saturated rings. The number of allylic oxidation sites excluding steroid dienone is 12. The minimum atomic E-state index is 0.640. The monoisotopic (exact) mass is 560 g/mol. The van der Waals surface area contributed by atoms with Crippen LogP contribution in [-0.4, -0.2) is 6.72 Å². The van der Waals surface area contributed by atoms with Gasteiger partial charge in [0.1, 0.15) is 0 Å². The lowest BCUT2D eigenvalue weighted by molar-refractivity contribution is 1.07. The van der Waals surface area contributed by atoms with E-state index in [0.29, 0.717) is 6.54 Å². The molecule has 2 N–H and O–H groups in total. The van der Waals surface area contributed by atoms with Crippen LogP contribution in [-0.2, 0) is 6.54 Å². The Hall–Kier alpha value is -5.31. The third-order valence-electron chi connectivity index (χ3n) is 6.51. The zero-order valence-electron chi connectivity index (χ0n) is 24.9. The molecule has 0 amide bonds. The molecule has 0 aliphatic carbocycles. The summed E-state index contributed by atoms with van der Waals surface area (Å²) in [5, 5.41) is 2.46. The molecular formula is C41H40N2. The number of rotatable bonds is 11. The highest BCUT2D eigenvalue weighted by atomic mass is 14.7. The number of fused-ring (bicyclic) bond motifs is 1. The summed E-state index contributed by atoms with van der Waals surface area (Å²) in [6.45, 7) is 14.5. The molecule has 0 atom stereocenters. The van der Waals surface area contributed by atoms with Crippen molar-refractivity contribution in [3.05, 3.63) is 199 Å². The van der Waals surface area contributed by atoms with Crippen molar-refractivity contribution in [1.29, 1.82) is 0 Å². The maximum atomic E-state index is 5.35. The molecule has 0 saturated heterocycles. The Morgan fingerprint density at radius 3 is 2.23 bits per heavy atom. The Morgan fingerprint density at radius 2 is 1.51 bits per heavy atom. The molecule has 4 rings (SSSR count). The van der Waals surface area contributed by atoms with Crippen LogP contribution in [0.5, 0.6) is 0 Å². The fourth-order valence-electron chi connectivity index (χ4n) is 4.31. The summed E-state index contributed by atoms with van der Waals surface area (Å²) in [6, 6.07) is 33.3. The first kappa shape index (κ1) is 32.2. The van der Waals surface area contributed by atoms with Crippen molar-refractivity contribution in [2.75, 3.05) is 0 Å². The van der Waals surface area contributed by atoms with E-state index in [1.54, 1.807) is 6.08 Å². The predicted octanol–water partition coefficient (Wildman–Crippen LogP) is 10.6. The summed E-state index contributed by atoms with van der Waals surface area (Å²) in [6.07, 6.45) is 21.4. The molecule has 0 saturated carbocycles. The zero-order chi connectivity index (χ0) is 30.7. The molecule has 4 aromatic rings.